The summed E-state index contributed by atoms with van der Waals surface area (Å²) in [5.74, 6) is -0.265. The lowest BCUT2D eigenvalue weighted by molar-refractivity contribution is 0.271. The Balaban J connectivity index is 2.59. The normalized spacial score (nSPS) is 33.2. The fourth-order valence-corrected chi connectivity index (χ4v) is 2.00. The lowest BCUT2D eigenvalue weighted by Gasteiger charge is -1.90. The smallest absolute Gasteiger partial charge is 0.130 e. The highest BCUT2D eigenvalue weighted by Crippen LogP contribution is 2.60. The molecule has 0 aromatic carbocycles. The van der Waals surface area contributed by atoms with Crippen molar-refractivity contribution in [3.8, 4) is 0 Å². The summed E-state index contributed by atoms with van der Waals surface area (Å²) in [4.78, 5) is 0. The number of hydrogen-bond acceptors (Lipinski definition) is 1. The molecular weight excluding hydrogens is 230 g/mol. The number of allylic oxidation sites excluding steroid dienone is 1. The van der Waals surface area contributed by atoms with Gasteiger partial charge in [-0.25, -0.2) is 0 Å². The Kier molecular flexibility index (Phi) is 2.99. The van der Waals surface area contributed by atoms with E-state index in [4.69, 9.17) is 51.5 Å². The SMILES string of the molecule is OCC1C(C=C(Cl)Cl)C1(Cl)Cl. The molecule has 1 fully saturated rings. The van der Waals surface area contributed by atoms with Crippen LogP contribution in [0.5, 0.6) is 0 Å². The van der Waals surface area contributed by atoms with Crippen molar-refractivity contribution in [2.75, 3.05) is 6.61 Å². The molecule has 1 aliphatic carbocycles. The Morgan fingerprint density at radius 3 is 2.27 bits per heavy atom. The van der Waals surface area contributed by atoms with Gasteiger partial charge in [-0.3, -0.25) is 0 Å². The Bertz CT molecular complexity index is 185. The van der Waals surface area contributed by atoms with Crippen molar-refractivity contribution in [2.24, 2.45) is 11.8 Å². The van der Waals surface area contributed by atoms with E-state index in [0.717, 1.165) is 0 Å². The average Bonchev–Trinajstić information content (AvgIpc) is 2.33. The molecule has 0 aliphatic heterocycles. The second-order valence-corrected chi connectivity index (χ2v) is 4.90. The van der Waals surface area contributed by atoms with Gasteiger partial charge in [0.05, 0.1) is 0 Å². The van der Waals surface area contributed by atoms with Crippen molar-refractivity contribution in [1.82, 2.24) is 0 Å². The molecule has 0 radical (unpaired) electrons. The molecule has 1 rings (SSSR count). The maximum absolute atomic E-state index is 8.74. The van der Waals surface area contributed by atoms with Crippen LogP contribution in [-0.2, 0) is 0 Å². The molecule has 0 spiro atoms. The van der Waals surface area contributed by atoms with Crippen molar-refractivity contribution >= 4 is 46.4 Å². The Labute approximate surface area is 84.9 Å². The lowest BCUT2D eigenvalue weighted by atomic mass is 10.3. The molecule has 1 N–H and O–H groups in total. The van der Waals surface area contributed by atoms with Crippen molar-refractivity contribution in [1.29, 1.82) is 0 Å². The molecule has 0 amide bonds. The third-order valence-corrected chi connectivity index (χ3v) is 3.08. The summed E-state index contributed by atoms with van der Waals surface area (Å²) in [6, 6.07) is 0. The minimum Gasteiger partial charge on any atom is -0.396 e. The van der Waals surface area contributed by atoms with Crippen LogP contribution >= 0.6 is 46.4 Å². The largest absolute Gasteiger partial charge is 0.396 e. The molecule has 1 nitrogen and oxygen atoms in total. The van der Waals surface area contributed by atoms with Gasteiger partial charge in [0.1, 0.15) is 8.82 Å². The molecule has 0 aromatic rings. The summed E-state index contributed by atoms with van der Waals surface area (Å²) in [6.07, 6.45) is 1.55. The van der Waals surface area contributed by atoms with Crippen LogP contribution in [0.1, 0.15) is 0 Å². The van der Waals surface area contributed by atoms with E-state index in [1.165, 1.54) is 0 Å². The van der Waals surface area contributed by atoms with E-state index >= 15 is 0 Å². The van der Waals surface area contributed by atoms with Gasteiger partial charge in [-0.1, -0.05) is 23.2 Å². The van der Waals surface area contributed by atoms with E-state index < -0.39 is 4.33 Å². The second-order valence-electron chi connectivity index (χ2n) is 2.45. The van der Waals surface area contributed by atoms with Crippen LogP contribution in [0.15, 0.2) is 10.6 Å². The fraction of sp³-hybridized carbons (Fsp3) is 0.667. The number of halogens is 4. The second kappa shape index (κ2) is 3.31. The van der Waals surface area contributed by atoms with Gasteiger partial charge in [0.15, 0.2) is 0 Å². The molecule has 5 heteroatoms. The van der Waals surface area contributed by atoms with E-state index in [9.17, 15) is 0 Å². The summed E-state index contributed by atoms with van der Waals surface area (Å²) in [5.41, 5.74) is 0. The Hall–Kier alpha value is 0.860. The predicted octanol–water partition coefficient (Wildman–Crippen LogP) is 2.72. The standard InChI is InChI=1S/C6H6Cl4O/c7-5(8)1-3-4(2-11)6(3,9)10/h1,3-4,11H,2H2. The zero-order chi connectivity index (χ0) is 8.65. The Morgan fingerprint density at radius 2 is 2.00 bits per heavy atom. The van der Waals surface area contributed by atoms with Crippen molar-refractivity contribution in [2.45, 2.75) is 4.33 Å². The van der Waals surface area contributed by atoms with Crippen molar-refractivity contribution in [3.63, 3.8) is 0 Å². The van der Waals surface area contributed by atoms with Gasteiger partial charge in [0.2, 0.25) is 0 Å². The van der Waals surface area contributed by atoms with Crippen molar-refractivity contribution < 1.29 is 5.11 Å². The summed E-state index contributed by atoms with van der Waals surface area (Å²) < 4.78 is -0.749. The molecule has 0 saturated heterocycles. The first-order valence-electron chi connectivity index (χ1n) is 3.01. The number of rotatable bonds is 2. The van der Waals surface area contributed by atoms with Gasteiger partial charge in [0.25, 0.3) is 0 Å². The molecule has 2 unspecified atom stereocenters. The number of alkyl halides is 2. The first-order valence-corrected chi connectivity index (χ1v) is 4.52. The maximum Gasteiger partial charge on any atom is 0.130 e. The van der Waals surface area contributed by atoms with Crippen LogP contribution in [0.25, 0.3) is 0 Å². The fourth-order valence-electron chi connectivity index (χ4n) is 1.01. The van der Waals surface area contributed by atoms with Gasteiger partial charge < -0.3 is 5.11 Å². The maximum atomic E-state index is 8.74. The average molecular weight is 236 g/mol. The topological polar surface area (TPSA) is 20.2 Å². The summed E-state index contributed by atoms with van der Waals surface area (Å²) in [7, 11) is 0. The van der Waals surface area contributed by atoms with Crippen LogP contribution < -0.4 is 0 Å². The zero-order valence-electron chi connectivity index (χ0n) is 5.40. The number of aliphatic hydroxyl groups is 1. The molecule has 0 bridgehead atoms. The number of aliphatic hydroxyl groups excluding tert-OH is 1. The highest BCUT2D eigenvalue weighted by molar-refractivity contribution is 6.56. The van der Waals surface area contributed by atoms with Gasteiger partial charge in [-0.05, 0) is 6.08 Å². The first-order chi connectivity index (χ1) is 5.00. The van der Waals surface area contributed by atoms with Crippen molar-refractivity contribution in [3.05, 3.63) is 10.6 Å². The van der Waals surface area contributed by atoms with Crippen LogP contribution in [0.3, 0.4) is 0 Å². The minimum atomic E-state index is -0.885. The van der Waals surface area contributed by atoms with Crippen LogP contribution in [0, 0.1) is 11.8 Å². The molecule has 0 heterocycles. The monoisotopic (exact) mass is 234 g/mol. The van der Waals surface area contributed by atoms with E-state index in [0.29, 0.717) is 0 Å². The molecule has 1 saturated carbocycles. The quantitative estimate of drug-likeness (QED) is 0.730. The lowest BCUT2D eigenvalue weighted by Crippen LogP contribution is -1.93. The van der Waals surface area contributed by atoms with Crippen LogP contribution in [0.2, 0.25) is 0 Å². The van der Waals surface area contributed by atoms with Gasteiger partial charge in [-0.2, -0.15) is 0 Å². The molecule has 0 aromatic heterocycles. The van der Waals surface area contributed by atoms with Gasteiger partial charge >= 0.3 is 0 Å². The van der Waals surface area contributed by atoms with Gasteiger partial charge in [0, 0.05) is 18.4 Å². The highest BCUT2D eigenvalue weighted by Gasteiger charge is 2.61. The predicted molar refractivity (Wildman–Crippen MR) is 48.3 cm³/mol. The van der Waals surface area contributed by atoms with E-state index in [1.54, 1.807) is 6.08 Å². The minimum absolute atomic E-state index is 0.0464. The molecule has 64 valence electrons. The Morgan fingerprint density at radius 1 is 1.45 bits per heavy atom. The number of hydrogen-bond donors (Lipinski definition) is 1. The van der Waals surface area contributed by atoms with E-state index in [2.05, 4.69) is 0 Å². The first kappa shape index (κ1) is 9.94. The summed E-state index contributed by atoms with van der Waals surface area (Å²) >= 11 is 22.3. The molecule has 2 atom stereocenters. The highest BCUT2D eigenvalue weighted by atomic mass is 35.5. The zero-order valence-corrected chi connectivity index (χ0v) is 8.42. The van der Waals surface area contributed by atoms with Gasteiger partial charge in [-0.15, -0.1) is 23.2 Å². The molecule has 11 heavy (non-hydrogen) atoms. The summed E-state index contributed by atoms with van der Waals surface area (Å²) in [5, 5.41) is 8.74. The van der Waals surface area contributed by atoms with Crippen LogP contribution in [-0.4, -0.2) is 16.0 Å². The molecular formula is C6H6Cl4O. The third kappa shape index (κ3) is 1.96. The van der Waals surface area contributed by atoms with Crippen LogP contribution in [0.4, 0.5) is 0 Å². The summed E-state index contributed by atoms with van der Waals surface area (Å²) in [6.45, 7) is -0.0464. The molecule has 1 aliphatic rings. The third-order valence-electron chi connectivity index (χ3n) is 1.77. The van der Waals surface area contributed by atoms with E-state index in [-0.39, 0.29) is 22.9 Å². The van der Waals surface area contributed by atoms with E-state index in [1.807, 2.05) is 0 Å².